The zero-order valence-corrected chi connectivity index (χ0v) is 5.12. The zero-order chi connectivity index (χ0) is 2.71. The number of rotatable bonds is 0. The van der Waals surface area contributed by atoms with E-state index in [4.69, 9.17) is 6.57 Å². The first kappa shape index (κ1) is 19.4. The Morgan fingerprint density at radius 3 is 1.60 bits per heavy atom. The Morgan fingerprint density at radius 2 is 1.60 bits per heavy atom. The van der Waals surface area contributed by atoms with Crippen molar-refractivity contribution in [2.45, 2.75) is 0 Å². The van der Waals surface area contributed by atoms with E-state index in [2.05, 4.69) is 11.9 Å². The monoisotopic (exact) mass is 252 g/mol. The summed E-state index contributed by atoms with van der Waals surface area (Å²) in [6, 6.07) is 0. The normalized spacial score (nSPS) is 1.40. The van der Waals surface area contributed by atoms with E-state index in [1.165, 1.54) is 0 Å². The molecule has 0 saturated heterocycles. The Morgan fingerprint density at radius 1 is 1.60 bits per heavy atom. The van der Waals surface area contributed by atoms with Gasteiger partial charge in [0.25, 0.3) is 0 Å². The Labute approximate surface area is 48.7 Å². The maximum Gasteiger partial charge on any atom is 3.00 e. The van der Waals surface area contributed by atoms with Crippen LogP contribution in [0.15, 0.2) is 0 Å². The van der Waals surface area contributed by atoms with Crippen molar-refractivity contribution < 1.29 is 22.4 Å². The number of nitrogens with zero attached hydrogens (tertiary/aromatic N) is 1. The summed E-state index contributed by atoms with van der Waals surface area (Å²) in [5.41, 5.74) is 0. The Balaban J connectivity index is -0.0000000200. The van der Waals surface area contributed by atoms with Crippen LogP contribution in [-0.2, 0) is 22.4 Å². The van der Waals surface area contributed by atoms with E-state index in [1.54, 1.807) is 0 Å². The van der Waals surface area contributed by atoms with Gasteiger partial charge in [0.15, 0.2) is 0 Å². The minimum absolute atomic E-state index is 0. The quantitative estimate of drug-likeness (QED) is 0.450. The average Bonchev–Trinajstić information content (AvgIpc) is 0.918. The van der Waals surface area contributed by atoms with Gasteiger partial charge in [-0.25, -0.2) is 0 Å². The Kier molecular flexibility index (Phi) is 127. The van der Waals surface area contributed by atoms with E-state index in [0.717, 1.165) is 0 Å². The molecule has 2 heteroatoms. The molecule has 0 saturated carbocycles. The molecule has 0 aromatic rings. The standard InChI is InChI=1S/C2H2N.CH3.Au/c1-3-2;;/h1H2;1H3;/q2*-1;+3. The summed E-state index contributed by atoms with van der Waals surface area (Å²) in [6.45, 7) is 5.72. The molecule has 0 aliphatic heterocycles. The van der Waals surface area contributed by atoms with Crippen molar-refractivity contribution in [1.82, 2.24) is 0 Å². The minimum Gasteiger partial charge on any atom is -0.464 e. The fourth-order valence-corrected chi connectivity index (χ4v) is 0. The molecule has 0 rings (SSSR count). The molecule has 0 aromatic carbocycles. The summed E-state index contributed by atoms with van der Waals surface area (Å²) in [5, 5.41) is 0. The molecule has 0 radical (unpaired) electrons. The average molecular weight is 252 g/mol. The van der Waals surface area contributed by atoms with Crippen molar-refractivity contribution in [1.29, 1.82) is 0 Å². The van der Waals surface area contributed by atoms with E-state index in [-0.39, 0.29) is 29.8 Å². The molecule has 0 spiro atoms. The topological polar surface area (TPSA) is 4.36 Å². The smallest absolute Gasteiger partial charge is 0.464 e. The molecule has 0 aliphatic rings. The molecule has 32 valence electrons. The molecular formula is C3H5AuN+. The molecule has 0 aliphatic carbocycles. The molecular weight excluding hydrogens is 247 g/mol. The molecule has 0 heterocycles. The van der Waals surface area contributed by atoms with Gasteiger partial charge in [0.1, 0.15) is 0 Å². The van der Waals surface area contributed by atoms with Gasteiger partial charge >= 0.3 is 22.4 Å². The van der Waals surface area contributed by atoms with Crippen LogP contribution in [0.2, 0.25) is 0 Å². The first-order valence-electron chi connectivity index (χ1n) is 0.540. The second-order valence-corrected chi connectivity index (χ2v) is 0.158. The molecule has 5 heavy (non-hydrogen) atoms. The van der Waals surface area contributed by atoms with Crippen molar-refractivity contribution in [3.8, 4) is 0 Å². The molecule has 0 unspecified atom stereocenters. The van der Waals surface area contributed by atoms with Gasteiger partial charge in [-0.3, -0.25) is 6.57 Å². The van der Waals surface area contributed by atoms with Gasteiger partial charge in [0, 0.05) is 0 Å². The third kappa shape index (κ3) is 1800. The van der Waals surface area contributed by atoms with Gasteiger partial charge in [-0.2, -0.15) is 0 Å². The summed E-state index contributed by atoms with van der Waals surface area (Å²) >= 11 is 0. The zero-order valence-electron chi connectivity index (χ0n) is 2.96. The second kappa shape index (κ2) is 32.6. The Bertz CT molecular complexity index is 28.4. The Hall–Kier alpha value is 0.100. The van der Waals surface area contributed by atoms with Crippen LogP contribution in [0.25, 0.3) is 4.85 Å². The van der Waals surface area contributed by atoms with Gasteiger partial charge in [-0.05, 0) is 0 Å². The van der Waals surface area contributed by atoms with Crippen molar-refractivity contribution >= 4 is 0 Å². The van der Waals surface area contributed by atoms with Crippen molar-refractivity contribution in [3.05, 3.63) is 25.9 Å². The minimum atomic E-state index is 0. The summed E-state index contributed by atoms with van der Waals surface area (Å²) in [6.07, 6.45) is 0. The molecule has 0 aromatic heterocycles. The van der Waals surface area contributed by atoms with Crippen LogP contribution in [-0.4, -0.2) is 0 Å². The van der Waals surface area contributed by atoms with Crippen molar-refractivity contribution in [2.24, 2.45) is 0 Å². The van der Waals surface area contributed by atoms with Crippen LogP contribution >= 0.6 is 0 Å². The third-order valence-electron chi connectivity index (χ3n) is 0. The first-order valence-corrected chi connectivity index (χ1v) is 0.540. The summed E-state index contributed by atoms with van der Waals surface area (Å²) < 4.78 is 0. The van der Waals surface area contributed by atoms with Crippen LogP contribution in [0.1, 0.15) is 0 Å². The van der Waals surface area contributed by atoms with Crippen LogP contribution in [0, 0.1) is 21.0 Å². The van der Waals surface area contributed by atoms with E-state index in [0.29, 0.717) is 0 Å². The van der Waals surface area contributed by atoms with Crippen molar-refractivity contribution in [2.75, 3.05) is 0 Å². The van der Waals surface area contributed by atoms with Gasteiger partial charge in [0.2, 0.25) is 0 Å². The first-order chi connectivity index (χ1) is 1.41. The van der Waals surface area contributed by atoms with Gasteiger partial charge < -0.3 is 12.3 Å². The molecule has 1 nitrogen and oxygen atoms in total. The van der Waals surface area contributed by atoms with Crippen molar-refractivity contribution in [3.63, 3.8) is 0 Å². The largest absolute Gasteiger partial charge is 3.00 e. The fourth-order valence-electron chi connectivity index (χ4n) is 0. The molecule has 0 atom stereocenters. The SMILES string of the molecule is [Au+3].[C-]#[N+][CH2-].[CH3-]. The number of hydrogen-bond acceptors (Lipinski definition) is 0. The molecule has 0 fully saturated rings. The van der Waals surface area contributed by atoms with Crippen LogP contribution in [0.5, 0.6) is 0 Å². The molecule has 0 bridgehead atoms. The van der Waals surface area contributed by atoms with E-state index < -0.39 is 0 Å². The van der Waals surface area contributed by atoms with Crippen LogP contribution in [0.4, 0.5) is 0 Å². The predicted molar refractivity (Wildman–Crippen MR) is 18.4 cm³/mol. The van der Waals surface area contributed by atoms with Gasteiger partial charge in [-0.15, -0.1) is 0 Å². The summed E-state index contributed by atoms with van der Waals surface area (Å²) in [7, 11) is 2.78. The van der Waals surface area contributed by atoms with Crippen LogP contribution in [0.3, 0.4) is 0 Å². The van der Waals surface area contributed by atoms with Crippen LogP contribution < -0.4 is 0 Å². The maximum atomic E-state index is 5.72. The fraction of sp³-hybridized carbons (Fsp3) is 0. The summed E-state index contributed by atoms with van der Waals surface area (Å²) in [4.78, 5) is 2.50. The van der Waals surface area contributed by atoms with E-state index in [1.807, 2.05) is 0 Å². The predicted octanol–water partition coefficient (Wildman–Crippen LogP) is 1.15. The molecule has 0 N–H and O–H groups in total. The number of hydrogen-bond donors (Lipinski definition) is 0. The second-order valence-electron chi connectivity index (χ2n) is 0.158. The molecule has 0 amide bonds. The maximum absolute atomic E-state index is 5.72. The van der Waals surface area contributed by atoms with E-state index in [9.17, 15) is 0 Å². The third-order valence-corrected chi connectivity index (χ3v) is 0. The van der Waals surface area contributed by atoms with Gasteiger partial charge in [-0.1, -0.05) is 7.05 Å². The van der Waals surface area contributed by atoms with E-state index >= 15 is 0 Å². The summed E-state index contributed by atoms with van der Waals surface area (Å²) in [5.74, 6) is 0. The van der Waals surface area contributed by atoms with Gasteiger partial charge in [0.05, 0.1) is 0 Å².